The van der Waals surface area contributed by atoms with E-state index in [0.29, 0.717) is 45.4 Å². The lowest BCUT2D eigenvalue weighted by Crippen LogP contribution is -2.46. The van der Waals surface area contributed by atoms with Gasteiger partial charge in [-0.2, -0.15) is 0 Å². The van der Waals surface area contributed by atoms with Crippen molar-refractivity contribution in [2.45, 2.75) is 52.4 Å². The Hall–Kier alpha value is -4.97. The van der Waals surface area contributed by atoms with E-state index in [1.165, 1.54) is 6.08 Å². The molecule has 0 bridgehead atoms. The Labute approximate surface area is 272 Å². The minimum absolute atomic E-state index is 0.0411. The van der Waals surface area contributed by atoms with Gasteiger partial charge in [0, 0.05) is 32.3 Å². The highest BCUT2D eigenvalue weighted by Gasteiger charge is 2.41. The molecule has 5 rings (SSSR count). The summed E-state index contributed by atoms with van der Waals surface area (Å²) in [6, 6.07) is 39.8. The average molecular weight is 615 g/mol. The zero-order valence-electron chi connectivity index (χ0n) is 26.5. The maximum atomic E-state index is 14.7. The van der Waals surface area contributed by atoms with E-state index in [1.807, 2.05) is 131 Å². The molecule has 0 saturated heterocycles. The quantitative estimate of drug-likeness (QED) is 0.124. The van der Waals surface area contributed by atoms with Crippen molar-refractivity contribution >= 4 is 17.8 Å². The van der Waals surface area contributed by atoms with Gasteiger partial charge in [0.1, 0.15) is 0 Å². The third-order valence-electron chi connectivity index (χ3n) is 8.48. The van der Waals surface area contributed by atoms with Crippen molar-refractivity contribution in [2.75, 3.05) is 6.61 Å². The summed E-state index contributed by atoms with van der Waals surface area (Å²) in [5.74, 6) is -1.69. The summed E-state index contributed by atoms with van der Waals surface area (Å²) in [4.78, 5) is 45.6. The Bertz CT molecular complexity index is 1510. The second-order valence-corrected chi connectivity index (χ2v) is 11.8. The molecule has 0 unspecified atom stereocenters. The molecule has 1 aliphatic carbocycles. The van der Waals surface area contributed by atoms with Gasteiger partial charge in [0.25, 0.3) is 0 Å². The van der Waals surface area contributed by atoms with Gasteiger partial charge >= 0.3 is 5.97 Å². The van der Waals surface area contributed by atoms with Crippen LogP contribution in [0.2, 0.25) is 0 Å². The molecule has 6 heteroatoms. The summed E-state index contributed by atoms with van der Waals surface area (Å²) in [7, 11) is 0. The van der Waals surface area contributed by atoms with E-state index < -0.39 is 17.8 Å². The number of carbonyl (C=O) groups is 3. The number of allylic oxidation sites excluding steroid dienone is 1. The lowest BCUT2D eigenvalue weighted by Gasteiger charge is -2.38. The van der Waals surface area contributed by atoms with Crippen LogP contribution in [0.25, 0.3) is 0 Å². The van der Waals surface area contributed by atoms with E-state index in [-0.39, 0.29) is 18.4 Å². The highest BCUT2D eigenvalue weighted by atomic mass is 16.5. The molecule has 2 atom stereocenters. The molecule has 0 spiro atoms. The van der Waals surface area contributed by atoms with Crippen molar-refractivity contribution < 1.29 is 19.1 Å². The fourth-order valence-electron chi connectivity index (χ4n) is 6.21. The van der Waals surface area contributed by atoms with E-state index in [2.05, 4.69) is 0 Å². The van der Waals surface area contributed by atoms with Crippen molar-refractivity contribution in [3.63, 3.8) is 0 Å². The Morgan fingerprint density at radius 3 is 1.35 bits per heavy atom. The van der Waals surface area contributed by atoms with Gasteiger partial charge < -0.3 is 14.5 Å². The smallest absolute Gasteiger partial charge is 0.330 e. The van der Waals surface area contributed by atoms with Crippen LogP contribution in [0.3, 0.4) is 0 Å². The minimum Gasteiger partial charge on any atom is -0.463 e. The molecule has 236 valence electrons. The number of amides is 2. The van der Waals surface area contributed by atoms with E-state index in [1.54, 1.807) is 6.92 Å². The maximum Gasteiger partial charge on any atom is 0.330 e. The molecule has 0 heterocycles. The van der Waals surface area contributed by atoms with Gasteiger partial charge in [-0.3, -0.25) is 9.59 Å². The Morgan fingerprint density at radius 2 is 0.978 bits per heavy atom. The van der Waals surface area contributed by atoms with Crippen LogP contribution in [-0.4, -0.2) is 34.2 Å². The molecule has 1 saturated carbocycles. The van der Waals surface area contributed by atoms with Crippen LogP contribution in [0, 0.1) is 11.8 Å². The topological polar surface area (TPSA) is 66.9 Å². The number of carbonyl (C=O) groups excluding carboxylic acids is 3. The molecule has 0 aliphatic heterocycles. The van der Waals surface area contributed by atoms with Crippen molar-refractivity contribution in [1.82, 2.24) is 9.80 Å². The van der Waals surface area contributed by atoms with Crippen molar-refractivity contribution in [3.8, 4) is 0 Å². The zero-order chi connectivity index (χ0) is 32.1. The molecule has 1 fully saturated rings. The number of rotatable bonds is 12. The molecule has 0 aromatic heterocycles. The molecule has 4 aromatic rings. The largest absolute Gasteiger partial charge is 0.463 e. The van der Waals surface area contributed by atoms with Gasteiger partial charge in [0.15, 0.2) is 0 Å². The monoisotopic (exact) mass is 614 g/mol. The molecule has 0 radical (unpaired) electrons. The fraction of sp³-hybridized carbons (Fsp3) is 0.275. The van der Waals surface area contributed by atoms with Crippen molar-refractivity contribution in [2.24, 2.45) is 11.8 Å². The highest BCUT2D eigenvalue weighted by molar-refractivity contribution is 5.89. The van der Waals surface area contributed by atoms with Gasteiger partial charge in [0.2, 0.25) is 11.8 Å². The van der Waals surface area contributed by atoms with Crippen LogP contribution >= 0.6 is 0 Å². The predicted octanol–water partition coefficient (Wildman–Crippen LogP) is 7.35. The van der Waals surface area contributed by atoms with E-state index in [9.17, 15) is 14.4 Å². The summed E-state index contributed by atoms with van der Waals surface area (Å²) in [6.07, 6.45) is 2.89. The molecule has 2 amide bonds. The Kier molecular flexibility index (Phi) is 11.5. The Balaban J connectivity index is 1.49. The molecule has 6 nitrogen and oxygen atoms in total. The second-order valence-electron chi connectivity index (χ2n) is 11.8. The molecular weight excluding hydrogens is 572 g/mol. The SMILES string of the molecule is CCOC(=O)C=C1CC[C@@H](C(=O)N(Cc2ccccc2)Cc2ccccc2)[C@H](C(=O)N(Cc2ccccc2)Cc2ccccc2)C1. The van der Waals surface area contributed by atoms with Gasteiger partial charge in [0.05, 0.1) is 18.4 Å². The lowest BCUT2D eigenvalue weighted by atomic mass is 9.75. The number of benzene rings is 4. The number of hydrogen-bond donors (Lipinski definition) is 0. The number of hydrogen-bond acceptors (Lipinski definition) is 4. The molecule has 1 aliphatic rings. The van der Waals surface area contributed by atoms with Crippen molar-refractivity contribution in [3.05, 3.63) is 155 Å². The van der Waals surface area contributed by atoms with E-state index >= 15 is 0 Å². The predicted molar refractivity (Wildman–Crippen MR) is 180 cm³/mol. The van der Waals surface area contributed by atoms with Crippen LogP contribution in [0.1, 0.15) is 48.4 Å². The van der Waals surface area contributed by atoms with Crippen LogP contribution < -0.4 is 0 Å². The minimum atomic E-state index is -0.622. The molecule has 46 heavy (non-hydrogen) atoms. The van der Waals surface area contributed by atoms with Crippen LogP contribution in [-0.2, 0) is 45.3 Å². The summed E-state index contributed by atoms with van der Waals surface area (Å²) >= 11 is 0. The standard InChI is InChI=1S/C40H42N2O4/c1-2-46-38(43)26-35-23-24-36(39(44)41(27-31-15-7-3-8-16-31)28-32-17-9-4-10-18-32)37(25-35)40(45)42(29-33-19-11-5-12-20-33)30-34-21-13-6-14-22-34/h3-22,26,36-37H,2,23-25,27-30H2,1H3/t36-,37-/m1/s1. The number of ether oxygens (including phenoxy) is 1. The first-order chi connectivity index (χ1) is 22.5. The van der Waals surface area contributed by atoms with Gasteiger partial charge in [-0.15, -0.1) is 0 Å². The first kappa shape index (κ1) is 32.4. The highest BCUT2D eigenvalue weighted by Crippen LogP contribution is 2.37. The third kappa shape index (κ3) is 9.04. The first-order valence-corrected chi connectivity index (χ1v) is 16.1. The summed E-state index contributed by atoms with van der Waals surface area (Å²) in [5, 5.41) is 0. The number of esters is 1. The van der Waals surface area contributed by atoms with E-state index in [0.717, 1.165) is 27.8 Å². The van der Waals surface area contributed by atoms with E-state index in [4.69, 9.17) is 4.74 Å². The summed E-state index contributed by atoms with van der Waals surface area (Å²) in [6.45, 7) is 3.77. The third-order valence-corrected chi connectivity index (χ3v) is 8.48. The Morgan fingerprint density at radius 1 is 0.609 bits per heavy atom. The average Bonchev–Trinajstić information content (AvgIpc) is 3.09. The fourth-order valence-corrected chi connectivity index (χ4v) is 6.21. The molecular formula is C40H42N2O4. The summed E-state index contributed by atoms with van der Waals surface area (Å²) < 4.78 is 5.21. The molecule has 0 N–H and O–H groups in total. The first-order valence-electron chi connectivity index (χ1n) is 16.1. The lowest BCUT2D eigenvalue weighted by molar-refractivity contribution is -0.149. The van der Waals surface area contributed by atoms with Gasteiger partial charge in [-0.25, -0.2) is 4.79 Å². The zero-order valence-corrected chi connectivity index (χ0v) is 26.5. The second kappa shape index (κ2) is 16.4. The van der Waals surface area contributed by atoms with Gasteiger partial charge in [-0.05, 0) is 48.4 Å². The van der Waals surface area contributed by atoms with Gasteiger partial charge in [-0.1, -0.05) is 127 Å². The number of nitrogens with zero attached hydrogens (tertiary/aromatic N) is 2. The van der Waals surface area contributed by atoms with Crippen LogP contribution in [0.4, 0.5) is 0 Å². The van der Waals surface area contributed by atoms with Crippen LogP contribution in [0.15, 0.2) is 133 Å². The maximum absolute atomic E-state index is 14.7. The normalized spacial score (nSPS) is 16.8. The van der Waals surface area contributed by atoms with Crippen molar-refractivity contribution in [1.29, 1.82) is 0 Å². The molecule has 4 aromatic carbocycles. The van der Waals surface area contributed by atoms with Crippen LogP contribution in [0.5, 0.6) is 0 Å². The summed E-state index contributed by atoms with van der Waals surface area (Å²) in [5.41, 5.74) is 4.94.